The maximum atomic E-state index is 13.4. The number of aromatic amines is 1. The van der Waals surface area contributed by atoms with Gasteiger partial charge in [0.25, 0.3) is 11.8 Å². The lowest BCUT2D eigenvalue weighted by atomic mass is 9.74. The molecule has 1 aliphatic heterocycles. The zero-order valence-corrected chi connectivity index (χ0v) is 18.7. The molecule has 4 heterocycles. The van der Waals surface area contributed by atoms with Crippen LogP contribution in [0.2, 0.25) is 0 Å². The molecule has 0 radical (unpaired) electrons. The van der Waals surface area contributed by atoms with Crippen LogP contribution in [0.25, 0.3) is 21.9 Å². The summed E-state index contributed by atoms with van der Waals surface area (Å²) >= 11 is 0. The highest BCUT2D eigenvalue weighted by Crippen LogP contribution is 2.46. The van der Waals surface area contributed by atoms with Crippen molar-refractivity contribution in [3.8, 4) is 0 Å². The minimum atomic E-state index is -0.133. The molecule has 1 atom stereocenters. The van der Waals surface area contributed by atoms with Crippen LogP contribution in [0.5, 0.6) is 0 Å². The van der Waals surface area contributed by atoms with Crippen LogP contribution >= 0.6 is 0 Å². The molecule has 1 aliphatic carbocycles. The first-order valence-corrected chi connectivity index (χ1v) is 11.7. The van der Waals surface area contributed by atoms with Crippen LogP contribution in [0, 0.1) is 5.41 Å². The molecule has 2 N–H and O–H groups in total. The van der Waals surface area contributed by atoms with Gasteiger partial charge >= 0.3 is 0 Å². The molecule has 4 aromatic rings. The van der Waals surface area contributed by atoms with Crippen LogP contribution in [-0.2, 0) is 0 Å². The lowest BCUT2D eigenvalue weighted by Crippen LogP contribution is -2.51. The van der Waals surface area contributed by atoms with Crippen LogP contribution in [0.1, 0.15) is 52.8 Å². The Hall–Kier alpha value is -3.88. The van der Waals surface area contributed by atoms with E-state index in [4.69, 9.17) is 0 Å². The predicted molar refractivity (Wildman–Crippen MR) is 126 cm³/mol. The summed E-state index contributed by atoms with van der Waals surface area (Å²) in [5, 5.41) is 15.7. The number of hydrogen-bond donors (Lipinski definition) is 2. The van der Waals surface area contributed by atoms with Gasteiger partial charge in [-0.25, -0.2) is 4.98 Å². The molecule has 9 nitrogen and oxygen atoms in total. The van der Waals surface area contributed by atoms with Crippen molar-refractivity contribution in [3.63, 3.8) is 0 Å². The molecule has 1 aromatic carbocycles. The Balaban J connectivity index is 1.16. The van der Waals surface area contributed by atoms with E-state index in [-0.39, 0.29) is 23.3 Å². The summed E-state index contributed by atoms with van der Waals surface area (Å²) in [6.45, 7) is 1.39. The van der Waals surface area contributed by atoms with Gasteiger partial charge in [-0.3, -0.25) is 14.6 Å². The Kier molecular flexibility index (Phi) is 4.97. The number of rotatable bonds is 3. The molecule has 2 fully saturated rings. The largest absolute Gasteiger partial charge is 0.349 e. The average Bonchev–Trinajstić information content (AvgIpc) is 3.50. The molecular weight excluding hydrogens is 430 g/mol. The topological polar surface area (TPSA) is 117 Å². The summed E-state index contributed by atoms with van der Waals surface area (Å²) in [4.78, 5) is 36.7. The normalized spacial score (nSPS) is 19.6. The number of nitrogens with one attached hydrogen (secondary N) is 2. The fourth-order valence-electron chi connectivity index (χ4n) is 5.70. The van der Waals surface area contributed by atoms with Crippen LogP contribution in [0.3, 0.4) is 0 Å². The van der Waals surface area contributed by atoms with E-state index >= 15 is 0 Å². The minimum Gasteiger partial charge on any atom is -0.349 e. The van der Waals surface area contributed by atoms with Crippen molar-refractivity contribution in [3.05, 3.63) is 60.0 Å². The zero-order valence-electron chi connectivity index (χ0n) is 18.7. The molecular formula is C25H25N7O2. The van der Waals surface area contributed by atoms with E-state index in [0.29, 0.717) is 29.8 Å². The van der Waals surface area contributed by atoms with Crippen molar-refractivity contribution >= 4 is 33.8 Å². The Morgan fingerprint density at radius 1 is 1.09 bits per heavy atom. The van der Waals surface area contributed by atoms with Gasteiger partial charge in [-0.2, -0.15) is 10.3 Å². The first-order chi connectivity index (χ1) is 16.6. The lowest BCUT2D eigenvalue weighted by molar-refractivity contribution is 0.0510. The summed E-state index contributed by atoms with van der Waals surface area (Å²) < 4.78 is 0. The zero-order chi connectivity index (χ0) is 23.1. The van der Waals surface area contributed by atoms with Gasteiger partial charge in [0.15, 0.2) is 0 Å². The summed E-state index contributed by atoms with van der Waals surface area (Å²) in [6.07, 6.45) is 9.94. The van der Waals surface area contributed by atoms with E-state index < -0.39 is 0 Å². The van der Waals surface area contributed by atoms with Gasteiger partial charge in [-0.05, 0) is 54.7 Å². The highest BCUT2D eigenvalue weighted by molar-refractivity contribution is 6.06. The number of nitrogens with zero attached hydrogens (tertiary/aromatic N) is 5. The van der Waals surface area contributed by atoms with Crippen molar-refractivity contribution in [2.24, 2.45) is 5.41 Å². The van der Waals surface area contributed by atoms with Crippen molar-refractivity contribution in [1.29, 1.82) is 0 Å². The maximum absolute atomic E-state index is 13.4. The smallest absolute Gasteiger partial charge is 0.254 e. The average molecular weight is 456 g/mol. The Morgan fingerprint density at radius 3 is 2.85 bits per heavy atom. The number of carbonyl (C=O) groups excluding carboxylic acids is 2. The van der Waals surface area contributed by atoms with E-state index in [1.807, 2.05) is 29.2 Å². The van der Waals surface area contributed by atoms with Gasteiger partial charge in [0, 0.05) is 48.7 Å². The number of aromatic nitrogens is 5. The number of piperidine rings is 1. The van der Waals surface area contributed by atoms with Gasteiger partial charge < -0.3 is 10.2 Å². The van der Waals surface area contributed by atoms with Crippen molar-refractivity contribution in [2.75, 3.05) is 13.1 Å². The third-order valence-corrected chi connectivity index (χ3v) is 7.61. The SMILES string of the molecule is O=C(NC1CCCC12CCN(C(=O)c1cccc3cnccc13)CC2)c1cnc2n[nH]nc2c1. The number of hydrogen-bond acceptors (Lipinski definition) is 6. The van der Waals surface area contributed by atoms with E-state index in [1.165, 1.54) is 0 Å². The highest BCUT2D eigenvalue weighted by atomic mass is 16.2. The highest BCUT2D eigenvalue weighted by Gasteiger charge is 2.46. The first-order valence-electron chi connectivity index (χ1n) is 11.7. The van der Waals surface area contributed by atoms with Crippen LogP contribution in [0.4, 0.5) is 0 Å². The van der Waals surface area contributed by atoms with E-state index in [9.17, 15) is 9.59 Å². The maximum Gasteiger partial charge on any atom is 0.254 e. The first kappa shape index (κ1) is 20.7. The molecule has 1 saturated heterocycles. The standard InChI is InChI=1S/C25H25N7O2/c33-23(17-13-20-22(27-15-17)30-31-29-20)28-21-5-2-7-25(21)8-11-32(12-9-25)24(34)19-4-1-3-16-14-26-10-6-18(16)19/h1,3-4,6,10,13-15,21H,2,5,7-9,11-12H2,(H,28,33)(H,27,29,30,31). The molecule has 1 unspecified atom stereocenters. The van der Waals surface area contributed by atoms with Crippen molar-refractivity contribution in [1.82, 2.24) is 35.6 Å². The molecule has 2 aliphatic rings. The quantitative estimate of drug-likeness (QED) is 0.490. The van der Waals surface area contributed by atoms with Gasteiger partial charge in [0.05, 0.1) is 5.56 Å². The minimum absolute atomic E-state index is 0.0283. The third kappa shape index (κ3) is 3.48. The van der Waals surface area contributed by atoms with Crippen LogP contribution in [0.15, 0.2) is 48.9 Å². The van der Waals surface area contributed by atoms with Gasteiger partial charge in [0.2, 0.25) is 5.65 Å². The number of benzene rings is 1. The second kappa shape index (κ2) is 8.16. The van der Waals surface area contributed by atoms with Crippen molar-refractivity contribution in [2.45, 2.75) is 38.1 Å². The number of amides is 2. The third-order valence-electron chi connectivity index (χ3n) is 7.61. The molecule has 3 aromatic heterocycles. The number of likely N-dealkylation sites (tertiary alicyclic amines) is 1. The summed E-state index contributed by atoms with van der Waals surface area (Å²) in [7, 11) is 0. The fourth-order valence-corrected chi connectivity index (χ4v) is 5.70. The molecule has 1 saturated carbocycles. The Labute approximate surface area is 196 Å². The molecule has 2 amide bonds. The monoisotopic (exact) mass is 455 g/mol. The van der Waals surface area contributed by atoms with Gasteiger partial charge in [-0.1, -0.05) is 18.6 Å². The summed E-state index contributed by atoms with van der Waals surface area (Å²) in [6, 6.07) is 9.50. The molecule has 34 heavy (non-hydrogen) atoms. The Bertz CT molecular complexity index is 1390. The van der Waals surface area contributed by atoms with Crippen LogP contribution in [-0.4, -0.2) is 61.2 Å². The van der Waals surface area contributed by atoms with Crippen molar-refractivity contribution < 1.29 is 9.59 Å². The molecule has 6 rings (SSSR count). The van der Waals surface area contributed by atoms with E-state index in [1.54, 1.807) is 24.7 Å². The fraction of sp³-hybridized carbons (Fsp3) is 0.360. The van der Waals surface area contributed by atoms with Crippen LogP contribution < -0.4 is 5.32 Å². The molecule has 9 heteroatoms. The predicted octanol–water partition coefficient (Wildman–Crippen LogP) is 3.11. The van der Waals surface area contributed by atoms with Gasteiger partial charge in [0.1, 0.15) is 5.52 Å². The van der Waals surface area contributed by atoms with E-state index in [0.717, 1.165) is 48.4 Å². The second-order valence-electron chi connectivity index (χ2n) is 9.37. The molecule has 0 bridgehead atoms. The second-order valence-corrected chi connectivity index (χ2v) is 9.37. The number of H-pyrrole nitrogens is 1. The van der Waals surface area contributed by atoms with Gasteiger partial charge in [-0.15, -0.1) is 5.10 Å². The number of pyridine rings is 2. The van der Waals surface area contributed by atoms with E-state index in [2.05, 4.69) is 30.7 Å². The number of fused-ring (bicyclic) bond motifs is 2. The molecule has 1 spiro atoms. The molecule has 172 valence electrons. The lowest BCUT2D eigenvalue weighted by Gasteiger charge is -2.43. The Morgan fingerprint density at radius 2 is 1.97 bits per heavy atom. The summed E-state index contributed by atoms with van der Waals surface area (Å²) in [5.41, 5.74) is 2.31. The summed E-state index contributed by atoms with van der Waals surface area (Å²) in [5.74, 6) is -0.0660. The number of carbonyl (C=O) groups is 2.